The maximum Gasteiger partial charge on any atom is 0.330 e. The third-order valence-electron chi connectivity index (χ3n) is 4.03. The van der Waals surface area contributed by atoms with Crippen LogP contribution in [0.25, 0.3) is 0 Å². The Bertz CT molecular complexity index is 716. The molecule has 1 heterocycles. The summed E-state index contributed by atoms with van der Waals surface area (Å²) in [5.74, 6) is -4.48. The molecule has 0 aliphatic carbocycles. The van der Waals surface area contributed by atoms with Gasteiger partial charge in [0.05, 0.1) is 26.1 Å². The number of carboxylic acids is 2. The average Bonchev–Trinajstić information content (AvgIpc) is 3.10. The van der Waals surface area contributed by atoms with E-state index in [2.05, 4.69) is 9.47 Å². The van der Waals surface area contributed by atoms with Gasteiger partial charge in [-0.25, -0.2) is 9.59 Å². The van der Waals surface area contributed by atoms with Gasteiger partial charge in [-0.05, 0) is 5.56 Å². The van der Waals surface area contributed by atoms with Crippen LogP contribution in [0.4, 0.5) is 0 Å². The van der Waals surface area contributed by atoms with Gasteiger partial charge in [-0.1, -0.05) is 30.3 Å². The van der Waals surface area contributed by atoms with Gasteiger partial charge in [-0.3, -0.25) is 14.5 Å². The zero-order valence-corrected chi connectivity index (χ0v) is 15.6. The molecule has 0 amide bonds. The Balaban J connectivity index is 0.000000370. The maximum absolute atomic E-state index is 11.6. The van der Waals surface area contributed by atoms with Gasteiger partial charge in [0.15, 0.2) is 0 Å². The molecule has 0 bridgehead atoms. The van der Waals surface area contributed by atoms with Crippen molar-refractivity contribution in [2.45, 2.75) is 6.54 Å². The van der Waals surface area contributed by atoms with Crippen molar-refractivity contribution < 1.29 is 38.9 Å². The lowest BCUT2D eigenvalue weighted by atomic mass is 9.97. The second-order valence-corrected chi connectivity index (χ2v) is 5.95. The molecule has 1 aliphatic heterocycles. The molecule has 9 heteroatoms. The van der Waals surface area contributed by atoms with Crippen LogP contribution in [0.2, 0.25) is 0 Å². The molecule has 1 aromatic rings. The number of nitrogens with zero attached hydrogens (tertiary/aromatic N) is 1. The molecule has 0 spiro atoms. The van der Waals surface area contributed by atoms with E-state index in [-0.39, 0.29) is 0 Å². The van der Waals surface area contributed by atoms with Gasteiger partial charge in [-0.15, -0.1) is 0 Å². The van der Waals surface area contributed by atoms with Gasteiger partial charge in [0.25, 0.3) is 0 Å². The number of hydrogen-bond donors (Lipinski definition) is 2. The number of rotatable bonds is 6. The van der Waals surface area contributed by atoms with E-state index in [9.17, 15) is 24.3 Å². The van der Waals surface area contributed by atoms with Crippen LogP contribution < -0.4 is 0 Å². The van der Waals surface area contributed by atoms with Crippen LogP contribution in [0.3, 0.4) is 0 Å². The van der Waals surface area contributed by atoms with Gasteiger partial charge in [0.2, 0.25) is 0 Å². The molecule has 2 atom stereocenters. The Hall–Kier alpha value is -3.20. The minimum Gasteiger partial charge on any atom is -0.481 e. The third-order valence-corrected chi connectivity index (χ3v) is 4.03. The van der Waals surface area contributed by atoms with E-state index in [1.807, 2.05) is 35.2 Å². The van der Waals surface area contributed by atoms with Crippen molar-refractivity contribution in [2.24, 2.45) is 11.8 Å². The number of benzene rings is 1. The minimum absolute atomic E-state index is 0.379. The molecule has 1 aromatic carbocycles. The van der Waals surface area contributed by atoms with Gasteiger partial charge in [0.1, 0.15) is 0 Å². The number of esters is 2. The normalized spacial score (nSPS) is 18.8. The van der Waals surface area contributed by atoms with Crippen LogP contribution in [-0.4, -0.2) is 66.3 Å². The summed E-state index contributed by atoms with van der Waals surface area (Å²) in [7, 11) is 2.47. The second-order valence-electron chi connectivity index (χ2n) is 5.95. The van der Waals surface area contributed by atoms with Gasteiger partial charge in [-0.2, -0.15) is 0 Å². The summed E-state index contributed by atoms with van der Waals surface area (Å²) >= 11 is 0. The number of carbonyl (C=O) groups is 4. The van der Waals surface area contributed by atoms with Crippen molar-refractivity contribution >= 4 is 23.9 Å². The summed E-state index contributed by atoms with van der Waals surface area (Å²) in [4.78, 5) is 44.7. The fraction of sp³-hybridized carbons (Fsp3) is 0.368. The molecular weight excluding hydrogens is 370 g/mol. The minimum atomic E-state index is -1.17. The van der Waals surface area contributed by atoms with Crippen molar-refractivity contribution in [1.82, 2.24) is 4.90 Å². The van der Waals surface area contributed by atoms with Crippen LogP contribution in [-0.2, 0) is 35.2 Å². The Morgan fingerprint density at radius 1 is 1.00 bits per heavy atom. The smallest absolute Gasteiger partial charge is 0.330 e. The highest BCUT2D eigenvalue weighted by atomic mass is 16.5. The highest BCUT2D eigenvalue weighted by molar-refractivity contribution is 5.90. The molecule has 28 heavy (non-hydrogen) atoms. The van der Waals surface area contributed by atoms with Crippen molar-refractivity contribution in [1.29, 1.82) is 0 Å². The topological polar surface area (TPSA) is 130 Å². The van der Waals surface area contributed by atoms with Crippen molar-refractivity contribution in [3.63, 3.8) is 0 Å². The second kappa shape index (κ2) is 11.5. The first-order valence-corrected chi connectivity index (χ1v) is 8.34. The summed E-state index contributed by atoms with van der Waals surface area (Å²) in [6, 6.07) is 9.79. The predicted octanol–water partition coefficient (Wildman–Crippen LogP) is 0.792. The SMILES string of the molecule is COC(=O)/C=C\C(=O)O.COC(=O)C1CN(Cc2ccccc2)C[C@H]1C(=O)O. The van der Waals surface area contributed by atoms with E-state index >= 15 is 0 Å². The van der Waals surface area contributed by atoms with Crippen LogP contribution in [0, 0.1) is 11.8 Å². The summed E-state index contributed by atoms with van der Waals surface area (Å²) in [5.41, 5.74) is 1.11. The molecule has 0 saturated carbocycles. The van der Waals surface area contributed by atoms with Gasteiger partial charge < -0.3 is 19.7 Å². The van der Waals surface area contributed by atoms with E-state index < -0.39 is 35.7 Å². The number of hydrogen-bond acceptors (Lipinski definition) is 7. The zero-order valence-electron chi connectivity index (χ0n) is 15.6. The van der Waals surface area contributed by atoms with Crippen molar-refractivity contribution in [3.8, 4) is 0 Å². The first-order valence-electron chi connectivity index (χ1n) is 8.34. The summed E-state index contributed by atoms with van der Waals surface area (Å²) < 4.78 is 8.80. The Labute approximate surface area is 162 Å². The Morgan fingerprint density at radius 3 is 2.11 bits per heavy atom. The molecule has 1 fully saturated rings. The summed E-state index contributed by atoms with van der Waals surface area (Å²) in [5, 5.41) is 17.1. The lowest BCUT2D eigenvalue weighted by Crippen LogP contribution is -2.29. The van der Waals surface area contributed by atoms with Crippen LogP contribution in [0.15, 0.2) is 42.5 Å². The number of carboxylic acid groups (broad SMARTS) is 2. The molecule has 1 saturated heterocycles. The largest absolute Gasteiger partial charge is 0.481 e. The monoisotopic (exact) mass is 393 g/mol. The molecule has 1 unspecified atom stereocenters. The zero-order chi connectivity index (χ0) is 21.1. The summed E-state index contributed by atoms with van der Waals surface area (Å²) in [6.45, 7) is 1.46. The van der Waals surface area contributed by atoms with Crippen molar-refractivity contribution in [3.05, 3.63) is 48.0 Å². The fourth-order valence-electron chi connectivity index (χ4n) is 2.70. The van der Waals surface area contributed by atoms with E-state index in [1.165, 1.54) is 14.2 Å². The lowest BCUT2D eigenvalue weighted by Gasteiger charge is -2.15. The fourth-order valence-corrected chi connectivity index (χ4v) is 2.70. The highest BCUT2D eigenvalue weighted by Gasteiger charge is 2.42. The molecule has 0 radical (unpaired) electrons. The van der Waals surface area contributed by atoms with E-state index in [0.29, 0.717) is 25.7 Å². The Kier molecular flexibility index (Phi) is 9.38. The van der Waals surface area contributed by atoms with Crippen LogP contribution >= 0.6 is 0 Å². The number of carbonyl (C=O) groups excluding carboxylic acids is 2. The molecule has 9 nitrogen and oxygen atoms in total. The van der Waals surface area contributed by atoms with Gasteiger partial charge in [0, 0.05) is 31.8 Å². The van der Waals surface area contributed by atoms with Gasteiger partial charge >= 0.3 is 23.9 Å². The molecule has 152 valence electrons. The first kappa shape index (κ1) is 22.8. The molecule has 2 rings (SSSR count). The van der Waals surface area contributed by atoms with E-state index in [0.717, 1.165) is 11.6 Å². The van der Waals surface area contributed by atoms with E-state index in [4.69, 9.17) is 5.11 Å². The third kappa shape index (κ3) is 7.58. The molecule has 2 N–H and O–H groups in total. The van der Waals surface area contributed by atoms with E-state index in [1.54, 1.807) is 0 Å². The predicted molar refractivity (Wildman–Crippen MR) is 97.1 cm³/mol. The first-order chi connectivity index (χ1) is 13.3. The number of methoxy groups -OCH3 is 2. The highest BCUT2D eigenvalue weighted by Crippen LogP contribution is 2.26. The molecule has 0 aromatic heterocycles. The molecular formula is C19H23NO8. The van der Waals surface area contributed by atoms with Crippen LogP contribution in [0.5, 0.6) is 0 Å². The van der Waals surface area contributed by atoms with Crippen LogP contribution in [0.1, 0.15) is 5.56 Å². The Morgan fingerprint density at radius 2 is 1.61 bits per heavy atom. The molecule has 1 aliphatic rings. The lowest BCUT2D eigenvalue weighted by molar-refractivity contribution is -0.153. The number of likely N-dealkylation sites (tertiary alicyclic amines) is 1. The average molecular weight is 393 g/mol. The number of ether oxygens (including phenoxy) is 2. The quantitative estimate of drug-likeness (QED) is 0.532. The maximum atomic E-state index is 11.6. The standard InChI is InChI=1S/C14H17NO4.C5H6O4/c1-19-14(18)12-9-15(8-11(12)13(16)17)7-10-5-3-2-4-6-10;1-9-5(8)3-2-4(6)7/h2-6,11-12H,7-9H2,1H3,(H,16,17);2-3H,1H3,(H,6,7)/b;3-2-/t11-,12?;/m1./s1. The number of aliphatic carboxylic acids is 2. The van der Waals surface area contributed by atoms with Crippen molar-refractivity contribution in [2.75, 3.05) is 27.3 Å². The summed E-state index contributed by atoms with van der Waals surface area (Å²) in [6.07, 6.45) is 1.55.